The summed E-state index contributed by atoms with van der Waals surface area (Å²) in [6, 6.07) is 10.9. The molecule has 7 rings (SSSR count). The predicted molar refractivity (Wildman–Crippen MR) is 146 cm³/mol. The lowest BCUT2D eigenvalue weighted by atomic mass is 9.95. The van der Waals surface area contributed by atoms with Crippen LogP contribution in [0.2, 0.25) is 0 Å². The van der Waals surface area contributed by atoms with Gasteiger partial charge >= 0.3 is 6.01 Å². The van der Waals surface area contributed by atoms with Crippen molar-refractivity contribution in [3.05, 3.63) is 48.4 Å². The number of aromatic nitrogens is 3. The van der Waals surface area contributed by atoms with Crippen LogP contribution in [0, 0.1) is 5.82 Å². The van der Waals surface area contributed by atoms with Gasteiger partial charge < -0.3 is 14.7 Å². The number of hydrogen-bond acceptors (Lipinski definition) is 9. The van der Waals surface area contributed by atoms with E-state index in [1.807, 2.05) is 24.3 Å². The molecule has 0 unspecified atom stereocenters. The van der Waals surface area contributed by atoms with Gasteiger partial charge in [0.25, 0.3) is 0 Å². The third-order valence-corrected chi connectivity index (χ3v) is 8.37. The number of phenolic OH excluding ortho intramolecular Hbond substituents is 1. The highest BCUT2D eigenvalue weighted by Gasteiger charge is 2.45. The molecule has 202 valence electrons. The Balaban J connectivity index is 1.35. The summed E-state index contributed by atoms with van der Waals surface area (Å²) in [5.41, 5.74) is 3.72. The van der Waals surface area contributed by atoms with E-state index in [4.69, 9.17) is 14.6 Å². The molecule has 3 saturated heterocycles. The number of hydroxylamine groups is 1. The Morgan fingerprint density at radius 1 is 1.05 bits per heavy atom. The van der Waals surface area contributed by atoms with Gasteiger partial charge in [-0.25, -0.2) is 9.87 Å². The minimum atomic E-state index is -0.567. The molecule has 0 saturated carbocycles. The Hall–Kier alpha value is -3.60. The SMILES string of the molecule is Oc1cc(-c2ncc3c(N4CCNOCC4)nc(OCC45CCCN4CCC5)nc3c2F)c2ccccc2c1. The van der Waals surface area contributed by atoms with Crippen LogP contribution >= 0.6 is 0 Å². The first-order valence-electron chi connectivity index (χ1n) is 13.7. The van der Waals surface area contributed by atoms with Crippen LogP contribution in [0.3, 0.4) is 0 Å². The van der Waals surface area contributed by atoms with Crippen molar-refractivity contribution in [2.45, 2.75) is 31.2 Å². The number of fused-ring (bicyclic) bond motifs is 3. The molecule has 5 heterocycles. The Morgan fingerprint density at radius 3 is 2.77 bits per heavy atom. The summed E-state index contributed by atoms with van der Waals surface area (Å²) >= 11 is 0. The number of rotatable bonds is 5. The number of aromatic hydroxyl groups is 1. The molecule has 3 aliphatic rings. The average Bonchev–Trinajstić information content (AvgIpc) is 3.41. The number of pyridine rings is 1. The maximum Gasteiger partial charge on any atom is 0.319 e. The normalized spacial score (nSPS) is 19.5. The topological polar surface area (TPSA) is 95.9 Å². The maximum absolute atomic E-state index is 16.4. The van der Waals surface area contributed by atoms with Crippen molar-refractivity contribution in [1.82, 2.24) is 25.3 Å². The second kappa shape index (κ2) is 9.86. The highest BCUT2D eigenvalue weighted by Crippen LogP contribution is 2.40. The summed E-state index contributed by atoms with van der Waals surface area (Å²) in [6.45, 7) is 4.94. The third kappa shape index (κ3) is 4.32. The number of benzene rings is 2. The summed E-state index contributed by atoms with van der Waals surface area (Å²) in [5, 5.41) is 12.5. The zero-order valence-electron chi connectivity index (χ0n) is 21.7. The molecule has 0 radical (unpaired) electrons. The van der Waals surface area contributed by atoms with E-state index in [1.54, 1.807) is 18.3 Å². The molecule has 9 nitrogen and oxygen atoms in total. The number of nitrogens with zero attached hydrogens (tertiary/aromatic N) is 5. The molecule has 0 spiro atoms. The molecule has 0 amide bonds. The molecule has 2 N–H and O–H groups in total. The first kappa shape index (κ1) is 24.4. The van der Waals surface area contributed by atoms with Gasteiger partial charge in [0.2, 0.25) is 0 Å². The number of ether oxygens (including phenoxy) is 1. The van der Waals surface area contributed by atoms with Crippen LogP contribution in [0.25, 0.3) is 32.9 Å². The Kier molecular flexibility index (Phi) is 6.18. The van der Waals surface area contributed by atoms with Crippen molar-refractivity contribution in [2.75, 3.05) is 50.8 Å². The van der Waals surface area contributed by atoms with Crippen molar-refractivity contribution >= 4 is 27.5 Å². The smallest absolute Gasteiger partial charge is 0.319 e. The summed E-state index contributed by atoms with van der Waals surface area (Å²) < 4.78 is 22.7. The van der Waals surface area contributed by atoms with Crippen LogP contribution < -0.4 is 15.1 Å². The van der Waals surface area contributed by atoms with E-state index in [-0.39, 0.29) is 28.5 Å². The summed E-state index contributed by atoms with van der Waals surface area (Å²) in [7, 11) is 0. The van der Waals surface area contributed by atoms with Crippen LogP contribution in [0.5, 0.6) is 11.8 Å². The van der Waals surface area contributed by atoms with Crippen molar-refractivity contribution in [3.8, 4) is 23.0 Å². The van der Waals surface area contributed by atoms with Crippen molar-refractivity contribution in [3.63, 3.8) is 0 Å². The van der Waals surface area contributed by atoms with Gasteiger partial charge in [-0.05, 0) is 61.7 Å². The molecule has 0 atom stereocenters. The standard InChI is InChI=1S/C29H31FN6O3/c30-24-25(22-16-20(37)15-19-5-1-2-6-21(19)22)31-17-23-26(24)33-28(34-27(23)35-12-9-32-39-14-13-35)38-18-29-7-3-10-36(29)11-4-8-29/h1-2,5-6,15-17,32,37H,3-4,7-14,18H2. The predicted octanol–water partition coefficient (Wildman–Crippen LogP) is 4.04. The van der Waals surface area contributed by atoms with Gasteiger partial charge in [-0.1, -0.05) is 24.3 Å². The molecule has 0 bridgehead atoms. The van der Waals surface area contributed by atoms with Crippen LogP contribution in [-0.4, -0.2) is 76.4 Å². The van der Waals surface area contributed by atoms with Crippen molar-refractivity contribution in [1.29, 1.82) is 0 Å². The van der Waals surface area contributed by atoms with Crippen LogP contribution in [-0.2, 0) is 4.84 Å². The van der Waals surface area contributed by atoms with Gasteiger partial charge in [-0.3, -0.25) is 14.7 Å². The average molecular weight is 531 g/mol. The van der Waals surface area contributed by atoms with E-state index in [0.29, 0.717) is 49.6 Å². The van der Waals surface area contributed by atoms with E-state index in [0.717, 1.165) is 49.5 Å². The first-order chi connectivity index (χ1) is 19.1. The van der Waals surface area contributed by atoms with E-state index >= 15 is 4.39 Å². The minimum Gasteiger partial charge on any atom is -0.508 e. The highest BCUT2D eigenvalue weighted by molar-refractivity contribution is 5.99. The quantitative estimate of drug-likeness (QED) is 0.396. The summed E-state index contributed by atoms with van der Waals surface area (Å²) in [6.07, 6.45) is 6.13. The molecule has 39 heavy (non-hydrogen) atoms. The Morgan fingerprint density at radius 2 is 1.90 bits per heavy atom. The summed E-state index contributed by atoms with van der Waals surface area (Å²) in [4.78, 5) is 23.9. The van der Waals surface area contributed by atoms with Gasteiger partial charge in [0.15, 0.2) is 5.82 Å². The first-order valence-corrected chi connectivity index (χ1v) is 13.7. The van der Waals surface area contributed by atoms with Crippen molar-refractivity contribution in [2.24, 2.45) is 0 Å². The maximum atomic E-state index is 16.4. The number of nitrogens with one attached hydrogen (secondary N) is 1. The lowest BCUT2D eigenvalue weighted by Gasteiger charge is -2.31. The molecule has 4 aromatic rings. The zero-order chi connectivity index (χ0) is 26.4. The number of anilines is 1. The largest absolute Gasteiger partial charge is 0.508 e. The monoisotopic (exact) mass is 530 g/mol. The number of hydrogen-bond donors (Lipinski definition) is 2. The fourth-order valence-corrected chi connectivity index (χ4v) is 6.47. The van der Waals surface area contributed by atoms with E-state index in [2.05, 4.69) is 25.2 Å². The van der Waals surface area contributed by atoms with Crippen LogP contribution in [0.1, 0.15) is 25.7 Å². The Bertz CT molecular complexity index is 1530. The molecular weight excluding hydrogens is 499 g/mol. The molecule has 10 heteroatoms. The van der Waals surface area contributed by atoms with E-state index in [1.165, 1.54) is 0 Å². The van der Waals surface area contributed by atoms with Gasteiger partial charge in [0, 0.05) is 31.4 Å². The zero-order valence-corrected chi connectivity index (χ0v) is 21.7. The number of phenols is 1. The van der Waals surface area contributed by atoms with Crippen molar-refractivity contribution < 1.29 is 19.1 Å². The number of halogens is 1. The van der Waals surface area contributed by atoms with Crippen LogP contribution in [0.15, 0.2) is 42.6 Å². The molecule has 3 fully saturated rings. The molecule has 3 aliphatic heterocycles. The molecule has 2 aromatic heterocycles. The highest BCUT2D eigenvalue weighted by atomic mass is 19.1. The second-order valence-corrected chi connectivity index (χ2v) is 10.7. The van der Waals surface area contributed by atoms with Gasteiger partial charge in [0.1, 0.15) is 29.4 Å². The van der Waals surface area contributed by atoms with Crippen LogP contribution in [0.4, 0.5) is 10.2 Å². The third-order valence-electron chi connectivity index (χ3n) is 8.37. The fraction of sp³-hybridized carbons (Fsp3) is 0.414. The fourth-order valence-electron chi connectivity index (χ4n) is 6.47. The van der Waals surface area contributed by atoms with E-state index < -0.39 is 5.82 Å². The van der Waals surface area contributed by atoms with Gasteiger partial charge in [0.05, 0.1) is 17.5 Å². The minimum absolute atomic E-state index is 0.0152. The second-order valence-electron chi connectivity index (χ2n) is 10.7. The van der Waals surface area contributed by atoms with E-state index in [9.17, 15) is 5.11 Å². The lowest BCUT2D eigenvalue weighted by Crippen LogP contribution is -2.43. The molecule has 0 aliphatic carbocycles. The lowest BCUT2D eigenvalue weighted by molar-refractivity contribution is 0.0589. The Labute approximate surface area is 225 Å². The molecule has 2 aromatic carbocycles. The molecular formula is C29H31FN6O3. The van der Waals surface area contributed by atoms with Gasteiger partial charge in [-0.2, -0.15) is 9.97 Å². The van der Waals surface area contributed by atoms with Gasteiger partial charge in [-0.15, -0.1) is 0 Å². The summed E-state index contributed by atoms with van der Waals surface area (Å²) in [5.74, 6) is 0.0575.